The van der Waals surface area contributed by atoms with Crippen LogP contribution in [0.4, 0.5) is 0 Å². The minimum absolute atomic E-state index is 0. The number of hydrogen-bond acceptors (Lipinski definition) is 1. The van der Waals surface area contributed by atoms with E-state index in [1.165, 1.54) is 6.42 Å². The first-order valence-corrected chi connectivity index (χ1v) is 3.18. The third-order valence-corrected chi connectivity index (χ3v) is 1.59. The van der Waals surface area contributed by atoms with Gasteiger partial charge in [0, 0.05) is 0 Å². The van der Waals surface area contributed by atoms with Gasteiger partial charge in [-0.2, -0.15) is 12.3 Å². The number of hydrogen-bond donors (Lipinski definition) is 1. The van der Waals surface area contributed by atoms with Crippen molar-refractivity contribution in [3.8, 4) is 0 Å². The Labute approximate surface area is 73.8 Å². The largest absolute Gasteiger partial charge is 2.00 e. The van der Waals surface area contributed by atoms with Crippen LogP contribution in [0, 0.1) is 18.8 Å². The molecule has 0 bridgehead atoms. The van der Waals surface area contributed by atoms with Crippen LogP contribution in [0.5, 0.6) is 0 Å². The molecule has 0 amide bonds. The van der Waals surface area contributed by atoms with Crippen LogP contribution < -0.4 is 0 Å². The molecule has 1 aliphatic rings. The predicted octanol–water partition coefficient (Wildman–Crippen LogP) is 1.28. The Hall–Kier alpha value is -0.0366. The number of carboxylic acids is 1. The Kier molecular flexibility index (Phi) is 4.71. The topological polar surface area (TPSA) is 37.3 Å². The van der Waals surface area contributed by atoms with Gasteiger partial charge < -0.3 is 11.5 Å². The molecule has 2 nitrogen and oxygen atoms in total. The first-order chi connectivity index (χ1) is 4.29. The standard InChI is InChI=1S/C7H10O2.Zn/c8-7(9)5-6-3-1-2-4-6;/h1,5-6H,2-4H2,(H,8,9);/q-2;+2/t6-;/m1./s1. The number of carboxylic acid groups (broad SMARTS) is 1. The molecule has 1 atom stereocenters. The second-order valence-corrected chi connectivity index (χ2v) is 2.37. The van der Waals surface area contributed by atoms with E-state index in [1.807, 2.05) is 0 Å². The zero-order chi connectivity index (χ0) is 6.69. The second kappa shape index (κ2) is 4.73. The van der Waals surface area contributed by atoms with E-state index in [0.717, 1.165) is 19.3 Å². The van der Waals surface area contributed by atoms with Crippen molar-refractivity contribution in [2.24, 2.45) is 5.92 Å². The Morgan fingerprint density at radius 1 is 1.70 bits per heavy atom. The molecule has 0 aliphatic heterocycles. The second-order valence-electron chi connectivity index (χ2n) is 2.37. The first kappa shape index (κ1) is 9.96. The number of aliphatic carboxylic acids is 1. The average Bonchev–Trinajstić information content (AvgIpc) is 2.15. The summed E-state index contributed by atoms with van der Waals surface area (Å²) in [5, 5.41) is 8.30. The summed E-state index contributed by atoms with van der Waals surface area (Å²) < 4.78 is 0. The van der Waals surface area contributed by atoms with Gasteiger partial charge in [0.2, 0.25) is 0 Å². The van der Waals surface area contributed by atoms with E-state index in [1.54, 1.807) is 0 Å². The maximum absolute atomic E-state index is 10.1. The summed E-state index contributed by atoms with van der Waals surface area (Å²) in [6, 6.07) is 0. The van der Waals surface area contributed by atoms with E-state index < -0.39 is 5.97 Å². The average molecular weight is 192 g/mol. The van der Waals surface area contributed by atoms with Gasteiger partial charge in [-0.05, 0) is 0 Å². The van der Waals surface area contributed by atoms with Crippen molar-refractivity contribution in [3.05, 3.63) is 12.8 Å². The molecule has 0 aromatic rings. The molecule has 0 heterocycles. The fraction of sp³-hybridized carbons (Fsp3) is 0.571. The van der Waals surface area contributed by atoms with E-state index in [2.05, 4.69) is 6.42 Å². The molecule has 0 saturated heterocycles. The molecule has 0 spiro atoms. The SMILES string of the molecule is O=C(O)[CH-][C@@H]1C[CH-]CC1.[Zn+2]. The smallest absolute Gasteiger partial charge is 0.503 e. The van der Waals surface area contributed by atoms with Gasteiger partial charge in [0.15, 0.2) is 5.97 Å². The predicted molar refractivity (Wildman–Crippen MR) is 33.6 cm³/mol. The van der Waals surface area contributed by atoms with Gasteiger partial charge in [-0.3, -0.25) is 11.2 Å². The molecule has 1 rings (SSSR count). The third-order valence-electron chi connectivity index (χ3n) is 1.59. The van der Waals surface area contributed by atoms with Crippen molar-refractivity contribution in [3.63, 3.8) is 0 Å². The molecule has 1 saturated carbocycles. The van der Waals surface area contributed by atoms with Crippen molar-refractivity contribution in [2.45, 2.75) is 19.3 Å². The summed E-state index contributed by atoms with van der Waals surface area (Å²) in [5.74, 6) is -0.474. The molecule has 0 radical (unpaired) electrons. The van der Waals surface area contributed by atoms with E-state index in [-0.39, 0.29) is 19.5 Å². The molecule has 0 aromatic carbocycles. The van der Waals surface area contributed by atoms with Crippen LogP contribution in [0.25, 0.3) is 0 Å². The normalized spacial score (nSPS) is 23.4. The molecule has 3 heteroatoms. The molecular weight excluding hydrogens is 181 g/mol. The minimum atomic E-state index is -0.782. The summed E-state index contributed by atoms with van der Waals surface area (Å²) in [6.45, 7) is 0. The zero-order valence-corrected chi connectivity index (χ0v) is 8.88. The number of rotatable bonds is 2. The van der Waals surface area contributed by atoms with Gasteiger partial charge in [0.05, 0.1) is 0 Å². The zero-order valence-electron chi connectivity index (χ0n) is 5.92. The molecule has 0 aromatic heterocycles. The van der Waals surface area contributed by atoms with Crippen LogP contribution in [0.3, 0.4) is 0 Å². The summed E-state index contributed by atoms with van der Waals surface area (Å²) >= 11 is 0. The Morgan fingerprint density at radius 3 is 2.80 bits per heavy atom. The fourth-order valence-corrected chi connectivity index (χ4v) is 1.13. The minimum Gasteiger partial charge on any atom is -0.503 e. The molecule has 1 aliphatic carbocycles. The summed E-state index contributed by atoms with van der Waals surface area (Å²) in [6.07, 6.45) is 6.58. The van der Waals surface area contributed by atoms with Crippen molar-refractivity contribution in [1.82, 2.24) is 0 Å². The van der Waals surface area contributed by atoms with Crippen LogP contribution >= 0.6 is 0 Å². The van der Waals surface area contributed by atoms with E-state index in [0.29, 0.717) is 5.92 Å². The van der Waals surface area contributed by atoms with Crippen molar-refractivity contribution in [1.29, 1.82) is 0 Å². The van der Waals surface area contributed by atoms with Gasteiger partial charge in [-0.15, -0.1) is 6.42 Å². The fourth-order valence-electron chi connectivity index (χ4n) is 1.13. The van der Waals surface area contributed by atoms with Crippen LogP contribution in [0.15, 0.2) is 0 Å². The maximum Gasteiger partial charge on any atom is 2.00 e. The Bertz CT molecular complexity index is 108. The third kappa shape index (κ3) is 3.21. The van der Waals surface area contributed by atoms with Gasteiger partial charge in [0.25, 0.3) is 0 Å². The van der Waals surface area contributed by atoms with Crippen LogP contribution in [0.1, 0.15) is 19.3 Å². The molecule has 1 fully saturated rings. The monoisotopic (exact) mass is 190 g/mol. The number of carbonyl (C=O) groups is 1. The maximum atomic E-state index is 10.1. The van der Waals surface area contributed by atoms with E-state index >= 15 is 0 Å². The van der Waals surface area contributed by atoms with Crippen molar-refractivity contribution >= 4 is 5.97 Å². The van der Waals surface area contributed by atoms with Crippen LogP contribution in [0.2, 0.25) is 0 Å². The van der Waals surface area contributed by atoms with Crippen LogP contribution in [-0.2, 0) is 24.3 Å². The summed E-state index contributed by atoms with van der Waals surface area (Å²) in [7, 11) is 0. The Balaban J connectivity index is 0.000000810. The van der Waals surface area contributed by atoms with E-state index in [4.69, 9.17) is 5.11 Å². The summed E-state index contributed by atoms with van der Waals surface area (Å²) in [4.78, 5) is 10.1. The molecular formula is C7H10O2Zn. The summed E-state index contributed by atoms with van der Waals surface area (Å²) in [5.41, 5.74) is 0. The van der Waals surface area contributed by atoms with Crippen molar-refractivity contribution in [2.75, 3.05) is 0 Å². The van der Waals surface area contributed by atoms with Gasteiger partial charge in [-0.25, -0.2) is 6.42 Å². The first-order valence-electron chi connectivity index (χ1n) is 3.18. The molecule has 10 heavy (non-hydrogen) atoms. The van der Waals surface area contributed by atoms with E-state index in [9.17, 15) is 4.79 Å². The molecule has 0 unspecified atom stereocenters. The quantitative estimate of drug-likeness (QED) is 0.527. The van der Waals surface area contributed by atoms with Gasteiger partial charge in [-0.1, -0.05) is 0 Å². The Morgan fingerprint density at radius 2 is 2.40 bits per heavy atom. The van der Waals surface area contributed by atoms with Crippen molar-refractivity contribution < 1.29 is 29.4 Å². The van der Waals surface area contributed by atoms with Crippen LogP contribution in [-0.4, -0.2) is 11.1 Å². The van der Waals surface area contributed by atoms with Gasteiger partial charge >= 0.3 is 19.5 Å². The van der Waals surface area contributed by atoms with Gasteiger partial charge in [0.1, 0.15) is 0 Å². The molecule has 1 N–H and O–H groups in total. The molecule has 52 valence electrons.